The molecule has 29 heavy (non-hydrogen) atoms. The van der Waals surface area contributed by atoms with Gasteiger partial charge in [-0.25, -0.2) is 9.50 Å². The number of ether oxygens (including phenoxy) is 2. The van der Waals surface area contributed by atoms with Gasteiger partial charge in [0, 0.05) is 29.4 Å². The maximum absolute atomic E-state index is 13.5. The number of hydrogen-bond donors (Lipinski definition) is 1. The molecule has 0 spiro atoms. The van der Waals surface area contributed by atoms with E-state index in [1.54, 1.807) is 18.2 Å². The Kier molecular flexibility index (Phi) is 3.90. The van der Waals surface area contributed by atoms with E-state index in [4.69, 9.17) is 9.47 Å². The fraction of sp³-hybridized carbons (Fsp3) is 0.316. The molecule has 1 amide bonds. The van der Waals surface area contributed by atoms with Gasteiger partial charge in [0.15, 0.2) is 22.8 Å². The molecule has 1 saturated carbocycles. The summed E-state index contributed by atoms with van der Waals surface area (Å²) in [4.78, 5) is 16.8. The molecule has 0 saturated heterocycles. The highest BCUT2D eigenvalue weighted by Crippen LogP contribution is 2.41. The molecule has 2 aliphatic rings. The number of benzene rings is 1. The lowest BCUT2D eigenvalue weighted by Crippen LogP contribution is -2.17. The van der Waals surface area contributed by atoms with E-state index >= 15 is 0 Å². The van der Waals surface area contributed by atoms with Gasteiger partial charge in [-0.05, 0) is 31.0 Å². The van der Waals surface area contributed by atoms with Gasteiger partial charge in [0.05, 0.1) is 0 Å². The molecule has 1 aliphatic heterocycles. The molecule has 3 aromatic rings. The summed E-state index contributed by atoms with van der Waals surface area (Å²) in [6.45, 7) is 0.837. The number of nitrogens with zero attached hydrogens (tertiary/aromatic N) is 3. The summed E-state index contributed by atoms with van der Waals surface area (Å²) in [6.07, 6.45) is -2.99. The number of anilines is 1. The predicted molar refractivity (Wildman–Crippen MR) is 95.3 cm³/mol. The van der Waals surface area contributed by atoms with Crippen molar-refractivity contribution in [2.45, 2.75) is 24.9 Å². The van der Waals surface area contributed by atoms with Gasteiger partial charge >= 0.3 is 6.18 Å². The molecule has 10 heteroatoms. The minimum atomic E-state index is -4.61. The van der Waals surface area contributed by atoms with Crippen molar-refractivity contribution in [2.24, 2.45) is 0 Å². The van der Waals surface area contributed by atoms with Crippen molar-refractivity contribution >= 4 is 17.2 Å². The topological polar surface area (TPSA) is 77.8 Å². The number of halogens is 3. The Hall–Kier alpha value is -3.30. The Morgan fingerprint density at radius 2 is 1.86 bits per heavy atom. The lowest BCUT2D eigenvalue weighted by atomic mass is 10.2. The van der Waals surface area contributed by atoms with Crippen LogP contribution in [0.4, 0.5) is 18.9 Å². The molecule has 0 radical (unpaired) electrons. The standard InChI is InChI=1S/C19H15F3N4O3/c20-19(21,22)16-8-12(10-1-2-10)24-17-9-13(25-26(16)17)18(27)23-11-3-4-14-15(7-11)29-6-5-28-14/h3-4,7-10H,1-2,5-6H2,(H,23,27). The number of alkyl halides is 3. The van der Waals surface area contributed by atoms with Crippen LogP contribution >= 0.6 is 0 Å². The van der Waals surface area contributed by atoms with E-state index in [2.05, 4.69) is 15.4 Å². The number of hydrogen-bond acceptors (Lipinski definition) is 5. The van der Waals surface area contributed by atoms with Gasteiger partial charge < -0.3 is 14.8 Å². The summed E-state index contributed by atoms with van der Waals surface area (Å²) < 4.78 is 52.0. The highest BCUT2D eigenvalue weighted by Gasteiger charge is 2.37. The zero-order valence-corrected chi connectivity index (χ0v) is 15.0. The first-order valence-electron chi connectivity index (χ1n) is 9.07. The van der Waals surface area contributed by atoms with Crippen molar-refractivity contribution in [3.63, 3.8) is 0 Å². The molecule has 7 nitrogen and oxygen atoms in total. The second-order valence-electron chi connectivity index (χ2n) is 6.95. The Morgan fingerprint density at radius 3 is 2.59 bits per heavy atom. The van der Waals surface area contributed by atoms with Crippen LogP contribution in [-0.2, 0) is 6.18 Å². The van der Waals surface area contributed by atoms with E-state index in [9.17, 15) is 18.0 Å². The maximum atomic E-state index is 13.5. The second kappa shape index (κ2) is 6.36. The van der Waals surface area contributed by atoms with Crippen molar-refractivity contribution in [2.75, 3.05) is 18.5 Å². The average Bonchev–Trinajstić information content (AvgIpc) is 3.45. The molecule has 1 fully saturated rings. The van der Waals surface area contributed by atoms with Gasteiger partial charge in [-0.2, -0.15) is 18.3 Å². The number of nitrogens with one attached hydrogen (secondary N) is 1. The Bertz CT molecular complexity index is 1120. The molecular weight excluding hydrogens is 389 g/mol. The first-order chi connectivity index (χ1) is 13.9. The quantitative estimate of drug-likeness (QED) is 0.721. The van der Waals surface area contributed by atoms with Gasteiger partial charge in [-0.15, -0.1) is 0 Å². The molecule has 1 N–H and O–H groups in total. The Labute approximate surface area is 162 Å². The van der Waals surface area contributed by atoms with Gasteiger partial charge in [-0.1, -0.05) is 0 Å². The summed E-state index contributed by atoms with van der Waals surface area (Å²) >= 11 is 0. The first kappa shape index (κ1) is 17.8. The number of aromatic nitrogens is 3. The SMILES string of the molecule is O=C(Nc1ccc2c(c1)OCCO2)c1cc2nc(C3CC3)cc(C(F)(F)F)n2n1. The van der Waals surface area contributed by atoms with Crippen LogP contribution in [0.1, 0.15) is 40.6 Å². The van der Waals surface area contributed by atoms with Crippen LogP contribution in [-0.4, -0.2) is 33.7 Å². The molecule has 150 valence electrons. The van der Waals surface area contributed by atoms with Crippen LogP contribution in [0.2, 0.25) is 0 Å². The van der Waals surface area contributed by atoms with E-state index in [0.717, 1.165) is 18.9 Å². The van der Waals surface area contributed by atoms with Crippen molar-refractivity contribution in [3.8, 4) is 11.5 Å². The monoisotopic (exact) mass is 404 g/mol. The molecule has 1 aromatic carbocycles. The molecule has 0 unspecified atom stereocenters. The van der Waals surface area contributed by atoms with E-state index in [1.807, 2.05) is 0 Å². The van der Waals surface area contributed by atoms with Gasteiger partial charge in [0.1, 0.15) is 18.9 Å². The Morgan fingerprint density at radius 1 is 1.10 bits per heavy atom. The fourth-order valence-electron chi connectivity index (χ4n) is 3.21. The third kappa shape index (κ3) is 3.34. The number of carbonyl (C=O) groups is 1. The maximum Gasteiger partial charge on any atom is 0.433 e. The third-order valence-corrected chi connectivity index (χ3v) is 4.77. The third-order valence-electron chi connectivity index (χ3n) is 4.77. The summed E-state index contributed by atoms with van der Waals surface area (Å²) in [5.41, 5.74) is -0.315. The first-order valence-corrected chi connectivity index (χ1v) is 9.07. The molecule has 0 atom stereocenters. The summed E-state index contributed by atoms with van der Waals surface area (Å²) in [5.74, 6) is 0.437. The average molecular weight is 404 g/mol. The van der Waals surface area contributed by atoms with E-state index in [0.29, 0.717) is 40.6 Å². The highest BCUT2D eigenvalue weighted by atomic mass is 19.4. The lowest BCUT2D eigenvalue weighted by Gasteiger charge is -2.18. The van der Waals surface area contributed by atoms with Gasteiger partial charge in [0.2, 0.25) is 0 Å². The van der Waals surface area contributed by atoms with Crippen LogP contribution in [0.25, 0.3) is 5.65 Å². The van der Waals surface area contributed by atoms with E-state index in [1.165, 1.54) is 6.07 Å². The van der Waals surface area contributed by atoms with Crippen LogP contribution in [0.3, 0.4) is 0 Å². The number of amides is 1. The van der Waals surface area contributed by atoms with Crippen LogP contribution in [0.5, 0.6) is 11.5 Å². The predicted octanol–water partition coefficient (Wildman–Crippen LogP) is 3.65. The minimum Gasteiger partial charge on any atom is -0.486 e. The molecule has 0 bridgehead atoms. The number of carbonyl (C=O) groups excluding carboxylic acids is 1. The van der Waals surface area contributed by atoms with E-state index in [-0.39, 0.29) is 17.3 Å². The molecule has 1 aliphatic carbocycles. The van der Waals surface area contributed by atoms with Crippen molar-refractivity contribution < 1.29 is 27.4 Å². The van der Waals surface area contributed by atoms with Crippen LogP contribution in [0, 0.1) is 0 Å². The zero-order chi connectivity index (χ0) is 20.2. The molecule has 2 aromatic heterocycles. The summed E-state index contributed by atoms with van der Waals surface area (Å²) in [6, 6.07) is 7.13. The minimum absolute atomic E-state index is 0.00551. The number of fused-ring (bicyclic) bond motifs is 2. The van der Waals surface area contributed by atoms with Crippen LogP contribution in [0.15, 0.2) is 30.3 Å². The molecule has 3 heterocycles. The lowest BCUT2D eigenvalue weighted by molar-refractivity contribution is -0.142. The number of rotatable bonds is 3. The van der Waals surface area contributed by atoms with E-state index < -0.39 is 17.8 Å². The zero-order valence-electron chi connectivity index (χ0n) is 15.0. The van der Waals surface area contributed by atoms with Crippen molar-refractivity contribution in [3.05, 3.63) is 47.4 Å². The van der Waals surface area contributed by atoms with Crippen molar-refractivity contribution in [1.82, 2.24) is 14.6 Å². The Balaban J connectivity index is 1.47. The largest absolute Gasteiger partial charge is 0.486 e. The highest BCUT2D eigenvalue weighted by molar-refractivity contribution is 6.03. The van der Waals surface area contributed by atoms with Crippen molar-refractivity contribution in [1.29, 1.82) is 0 Å². The van der Waals surface area contributed by atoms with Gasteiger partial charge in [-0.3, -0.25) is 4.79 Å². The fourth-order valence-corrected chi connectivity index (χ4v) is 3.21. The van der Waals surface area contributed by atoms with Gasteiger partial charge in [0.25, 0.3) is 5.91 Å². The molecule has 5 rings (SSSR count). The molecular formula is C19H15F3N4O3. The summed E-state index contributed by atoms with van der Waals surface area (Å²) in [7, 11) is 0. The van der Waals surface area contributed by atoms with Crippen LogP contribution < -0.4 is 14.8 Å². The normalized spacial score (nSPS) is 16.1. The second-order valence-corrected chi connectivity index (χ2v) is 6.95. The smallest absolute Gasteiger partial charge is 0.433 e. The summed E-state index contributed by atoms with van der Waals surface area (Å²) in [5, 5.41) is 6.47.